The van der Waals surface area contributed by atoms with Crippen LogP contribution in [0.2, 0.25) is 0 Å². The molecule has 0 atom stereocenters. The second kappa shape index (κ2) is 7.15. The molecule has 2 heteroatoms. The smallest absolute Gasteiger partial charge is 0.0599 e. The Kier molecular flexibility index (Phi) is 5.76. The Bertz CT molecular complexity index is 297. The van der Waals surface area contributed by atoms with E-state index in [9.17, 15) is 0 Å². The molecule has 2 nitrogen and oxygen atoms in total. The Labute approximate surface area is 99.5 Å². The molecule has 0 fully saturated rings. The summed E-state index contributed by atoms with van der Waals surface area (Å²) in [6.07, 6.45) is 4.99. The number of anilines is 2. The minimum Gasteiger partial charge on any atom is -0.397 e. The van der Waals surface area contributed by atoms with Gasteiger partial charge in [-0.25, -0.2) is 0 Å². The largest absolute Gasteiger partial charge is 0.397 e. The number of nitrogens with zero attached hydrogens (tertiary/aromatic N) is 1. The number of hydrogen-bond donors (Lipinski definition) is 1. The fourth-order valence-electron chi connectivity index (χ4n) is 1.95. The molecule has 1 rings (SSSR count). The third-order valence-electron chi connectivity index (χ3n) is 2.80. The first-order valence-corrected chi connectivity index (χ1v) is 6.39. The first kappa shape index (κ1) is 12.9. The van der Waals surface area contributed by atoms with Gasteiger partial charge in [0.2, 0.25) is 0 Å². The van der Waals surface area contributed by atoms with Crippen molar-refractivity contribution in [3.05, 3.63) is 24.3 Å². The lowest BCUT2D eigenvalue weighted by Crippen LogP contribution is -2.26. The van der Waals surface area contributed by atoms with Gasteiger partial charge in [-0.3, -0.25) is 0 Å². The van der Waals surface area contributed by atoms with Gasteiger partial charge in [-0.15, -0.1) is 0 Å². The summed E-state index contributed by atoms with van der Waals surface area (Å²) in [6, 6.07) is 8.16. The minimum absolute atomic E-state index is 0.896. The average Bonchev–Trinajstić information content (AvgIpc) is 2.29. The van der Waals surface area contributed by atoms with Gasteiger partial charge in [0.05, 0.1) is 11.4 Å². The summed E-state index contributed by atoms with van der Waals surface area (Å²) in [4.78, 5) is 2.41. The third kappa shape index (κ3) is 3.76. The fraction of sp³-hybridized carbons (Fsp3) is 0.571. The molecule has 1 aromatic rings. The Morgan fingerprint density at radius 1 is 1.00 bits per heavy atom. The summed E-state index contributed by atoms with van der Waals surface area (Å²) >= 11 is 0. The maximum Gasteiger partial charge on any atom is 0.0599 e. The molecular weight excluding hydrogens is 196 g/mol. The normalized spacial score (nSPS) is 10.4. The van der Waals surface area contributed by atoms with Crippen molar-refractivity contribution in [3.63, 3.8) is 0 Å². The SMILES string of the molecule is CCCCCN(CCC)c1ccccc1N. The standard InChI is InChI=1S/C14H24N2/c1-3-5-8-12-16(11-4-2)14-10-7-6-9-13(14)15/h6-7,9-10H,3-5,8,11-12,15H2,1-2H3. The van der Waals surface area contributed by atoms with Crippen molar-refractivity contribution in [3.8, 4) is 0 Å². The van der Waals surface area contributed by atoms with Crippen LogP contribution >= 0.6 is 0 Å². The van der Waals surface area contributed by atoms with E-state index in [1.54, 1.807) is 0 Å². The third-order valence-corrected chi connectivity index (χ3v) is 2.80. The minimum atomic E-state index is 0.896. The van der Waals surface area contributed by atoms with Gasteiger partial charge in [0.25, 0.3) is 0 Å². The van der Waals surface area contributed by atoms with Gasteiger partial charge in [0, 0.05) is 13.1 Å². The van der Waals surface area contributed by atoms with Gasteiger partial charge in [-0.2, -0.15) is 0 Å². The van der Waals surface area contributed by atoms with E-state index in [0.717, 1.165) is 18.8 Å². The van der Waals surface area contributed by atoms with Gasteiger partial charge < -0.3 is 10.6 Å². The molecule has 0 aliphatic rings. The molecule has 0 spiro atoms. The summed E-state index contributed by atoms with van der Waals surface area (Å²) in [6.45, 7) is 6.67. The molecule has 16 heavy (non-hydrogen) atoms. The zero-order valence-corrected chi connectivity index (χ0v) is 10.6. The second-order valence-corrected chi connectivity index (χ2v) is 4.25. The zero-order valence-electron chi connectivity index (χ0n) is 10.6. The van der Waals surface area contributed by atoms with E-state index in [4.69, 9.17) is 5.73 Å². The molecule has 90 valence electrons. The number of benzene rings is 1. The first-order valence-electron chi connectivity index (χ1n) is 6.39. The molecule has 0 saturated carbocycles. The van der Waals surface area contributed by atoms with Crippen LogP contribution in [0.15, 0.2) is 24.3 Å². The van der Waals surface area contributed by atoms with Crippen LogP contribution in [0.4, 0.5) is 11.4 Å². The van der Waals surface area contributed by atoms with Gasteiger partial charge in [0.15, 0.2) is 0 Å². The van der Waals surface area contributed by atoms with E-state index < -0.39 is 0 Å². The van der Waals surface area contributed by atoms with E-state index in [-0.39, 0.29) is 0 Å². The van der Waals surface area contributed by atoms with Crippen LogP contribution in [0.1, 0.15) is 39.5 Å². The summed E-state index contributed by atoms with van der Waals surface area (Å²) in [5.41, 5.74) is 8.10. The van der Waals surface area contributed by atoms with Crippen LogP contribution in [-0.2, 0) is 0 Å². The Hall–Kier alpha value is -1.18. The molecule has 0 saturated heterocycles. The lowest BCUT2D eigenvalue weighted by atomic mass is 10.2. The highest BCUT2D eigenvalue weighted by Gasteiger charge is 2.07. The van der Waals surface area contributed by atoms with Crippen LogP contribution < -0.4 is 10.6 Å². The van der Waals surface area contributed by atoms with Crippen molar-refractivity contribution in [2.24, 2.45) is 0 Å². The summed E-state index contributed by atoms with van der Waals surface area (Å²) < 4.78 is 0. The Balaban J connectivity index is 2.65. The van der Waals surface area contributed by atoms with Crippen LogP contribution in [0, 0.1) is 0 Å². The molecule has 0 unspecified atom stereocenters. The predicted octanol–water partition coefficient (Wildman–Crippen LogP) is 3.68. The molecule has 1 aromatic carbocycles. The first-order chi connectivity index (χ1) is 7.79. The van der Waals surface area contributed by atoms with Gasteiger partial charge in [0.1, 0.15) is 0 Å². The zero-order chi connectivity index (χ0) is 11.8. The van der Waals surface area contributed by atoms with Gasteiger partial charge in [-0.05, 0) is 25.0 Å². The molecule has 0 aliphatic carbocycles. The van der Waals surface area contributed by atoms with E-state index >= 15 is 0 Å². The van der Waals surface area contributed by atoms with Crippen LogP contribution in [-0.4, -0.2) is 13.1 Å². The fourth-order valence-corrected chi connectivity index (χ4v) is 1.95. The number of para-hydroxylation sites is 2. The predicted molar refractivity (Wildman–Crippen MR) is 72.9 cm³/mol. The summed E-state index contributed by atoms with van der Waals surface area (Å²) in [5.74, 6) is 0. The maximum atomic E-state index is 6.01. The number of hydrogen-bond acceptors (Lipinski definition) is 2. The molecule has 0 bridgehead atoms. The molecule has 0 amide bonds. The summed E-state index contributed by atoms with van der Waals surface area (Å²) in [5, 5.41) is 0. The molecule has 0 heterocycles. The Morgan fingerprint density at radius 3 is 2.38 bits per heavy atom. The summed E-state index contributed by atoms with van der Waals surface area (Å²) in [7, 11) is 0. The lowest BCUT2D eigenvalue weighted by Gasteiger charge is -2.25. The van der Waals surface area contributed by atoms with Crippen molar-refractivity contribution < 1.29 is 0 Å². The highest BCUT2D eigenvalue weighted by molar-refractivity contribution is 5.67. The molecule has 0 aromatic heterocycles. The van der Waals surface area contributed by atoms with Crippen molar-refractivity contribution in [2.75, 3.05) is 23.7 Å². The van der Waals surface area contributed by atoms with Crippen molar-refractivity contribution in [2.45, 2.75) is 39.5 Å². The number of nitrogen functional groups attached to an aromatic ring is 1. The lowest BCUT2D eigenvalue weighted by molar-refractivity contribution is 0.669. The van der Waals surface area contributed by atoms with Crippen LogP contribution in [0.5, 0.6) is 0 Å². The number of unbranched alkanes of at least 4 members (excludes halogenated alkanes) is 2. The maximum absolute atomic E-state index is 6.01. The highest BCUT2D eigenvalue weighted by Crippen LogP contribution is 2.23. The van der Waals surface area contributed by atoms with E-state index in [2.05, 4.69) is 30.9 Å². The van der Waals surface area contributed by atoms with E-state index in [0.29, 0.717) is 0 Å². The van der Waals surface area contributed by atoms with E-state index in [1.165, 1.54) is 31.4 Å². The molecular formula is C14H24N2. The molecule has 0 radical (unpaired) electrons. The van der Waals surface area contributed by atoms with E-state index in [1.807, 2.05) is 12.1 Å². The highest BCUT2D eigenvalue weighted by atomic mass is 15.1. The Morgan fingerprint density at radius 2 is 1.75 bits per heavy atom. The number of rotatable bonds is 7. The number of nitrogens with two attached hydrogens (primary N) is 1. The van der Waals surface area contributed by atoms with Crippen molar-refractivity contribution in [1.82, 2.24) is 0 Å². The monoisotopic (exact) mass is 220 g/mol. The van der Waals surface area contributed by atoms with Gasteiger partial charge in [-0.1, -0.05) is 38.8 Å². The van der Waals surface area contributed by atoms with Crippen LogP contribution in [0.25, 0.3) is 0 Å². The molecule has 2 N–H and O–H groups in total. The van der Waals surface area contributed by atoms with Crippen molar-refractivity contribution >= 4 is 11.4 Å². The second-order valence-electron chi connectivity index (χ2n) is 4.25. The molecule has 0 aliphatic heterocycles. The van der Waals surface area contributed by atoms with Gasteiger partial charge >= 0.3 is 0 Å². The topological polar surface area (TPSA) is 29.3 Å². The van der Waals surface area contributed by atoms with Crippen molar-refractivity contribution in [1.29, 1.82) is 0 Å². The average molecular weight is 220 g/mol. The van der Waals surface area contributed by atoms with Crippen LogP contribution in [0.3, 0.4) is 0 Å². The quantitative estimate of drug-likeness (QED) is 0.561.